The van der Waals surface area contributed by atoms with Gasteiger partial charge in [0.2, 0.25) is 5.91 Å². The van der Waals surface area contributed by atoms with Crippen molar-refractivity contribution in [1.29, 1.82) is 0 Å². The molecule has 1 fully saturated rings. The molecule has 0 aliphatic carbocycles. The topological polar surface area (TPSA) is 59.0 Å². The Labute approximate surface area is 144 Å². The number of hydrogen-bond acceptors (Lipinski definition) is 3. The zero-order valence-corrected chi connectivity index (χ0v) is 14.6. The molecular formula is C17H21BrN4O. The van der Waals surface area contributed by atoms with Gasteiger partial charge in [-0.2, -0.15) is 5.10 Å². The Kier molecular flexibility index (Phi) is 5.46. The molecule has 1 aromatic heterocycles. The Morgan fingerprint density at radius 1 is 1.39 bits per heavy atom. The third-order valence-electron chi connectivity index (χ3n) is 4.12. The molecule has 5 nitrogen and oxygen atoms in total. The summed E-state index contributed by atoms with van der Waals surface area (Å²) in [6.07, 6.45) is 6.71. The molecule has 122 valence electrons. The number of aryl methyl sites for hydroxylation is 2. The molecule has 2 N–H and O–H groups in total. The second-order valence-electron chi connectivity index (χ2n) is 5.90. The number of nitrogens with one attached hydrogen (secondary N) is 2. The molecule has 1 aliphatic rings. The molecule has 1 aromatic carbocycles. The molecule has 1 saturated heterocycles. The fraction of sp³-hybridized carbons (Fsp3) is 0.412. The van der Waals surface area contributed by atoms with Crippen LogP contribution in [-0.4, -0.2) is 28.8 Å². The number of anilines is 1. The second kappa shape index (κ2) is 7.75. The number of amides is 1. The monoisotopic (exact) mass is 376 g/mol. The van der Waals surface area contributed by atoms with Gasteiger partial charge in [0.1, 0.15) is 0 Å². The van der Waals surface area contributed by atoms with E-state index in [0.717, 1.165) is 49.1 Å². The van der Waals surface area contributed by atoms with Crippen LogP contribution in [0.3, 0.4) is 0 Å². The molecular weight excluding hydrogens is 356 g/mol. The number of hydrogen-bond donors (Lipinski definition) is 2. The SMILES string of the molecule is O=C(Nc1ccc(CCn2cc(Br)cn2)cc1)C1CCCNC1. The summed E-state index contributed by atoms with van der Waals surface area (Å²) in [7, 11) is 0. The predicted molar refractivity (Wildman–Crippen MR) is 94.3 cm³/mol. The number of rotatable bonds is 5. The number of nitrogens with zero attached hydrogens (tertiary/aromatic N) is 2. The van der Waals surface area contributed by atoms with Crippen LogP contribution in [0, 0.1) is 5.92 Å². The van der Waals surface area contributed by atoms with Gasteiger partial charge < -0.3 is 10.6 Å². The first-order valence-electron chi connectivity index (χ1n) is 7.99. The van der Waals surface area contributed by atoms with Gasteiger partial charge in [0.05, 0.1) is 16.6 Å². The minimum absolute atomic E-state index is 0.0849. The lowest BCUT2D eigenvalue weighted by Gasteiger charge is -2.21. The van der Waals surface area contributed by atoms with Crippen LogP contribution in [0.4, 0.5) is 5.69 Å². The number of carbonyl (C=O) groups is 1. The van der Waals surface area contributed by atoms with Gasteiger partial charge >= 0.3 is 0 Å². The molecule has 1 aliphatic heterocycles. The summed E-state index contributed by atoms with van der Waals surface area (Å²) in [4.78, 5) is 12.2. The molecule has 2 aromatic rings. The summed E-state index contributed by atoms with van der Waals surface area (Å²) in [5.74, 6) is 0.202. The van der Waals surface area contributed by atoms with Crippen LogP contribution in [0.2, 0.25) is 0 Å². The average Bonchev–Trinajstić information content (AvgIpc) is 3.00. The molecule has 23 heavy (non-hydrogen) atoms. The Morgan fingerprint density at radius 3 is 2.87 bits per heavy atom. The molecule has 1 amide bonds. The van der Waals surface area contributed by atoms with Crippen molar-refractivity contribution in [2.75, 3.05) is 18.4 Å². The zero-order valence-electron chi connectivity index (χ0n) is 13.0. The fourth-order valence-corrected chi connectivity index (χ4v) is 3.11. The van der Waals surface area contributed by atoms with Crippen molar-refractivity contribution in [3.63, 3.8) is 0 Å². The van der Waals surface area contributed by atoms with Crippen LogP contribution in [0.25, 0.3) is 0 Å². The molecule has 1 atom stereocenters. The van der Waals surface area contributed by atoms with E-state index in [0.29, 0.717) is 0 Å². The van der Waals surface area contributed by atoms with E-state index in [9.17, 15) is 4.79 Å². The first-order valence-corrected chi connectivity index (χ1v) is 8.78. The fourth-order valence-electron chi connectivity index (χ4n) is 2.78. The zero-order chi connectivity index (χ0) is 16.1. The van der Waals surface area contributed by atoms with Crippen LogP contribution in [0.5, 0.6) is 0 Å². The summed E-state index contributed by atoms with van der Waals surface area (Å²) in [5, 5.41) is 10.5. The van der Waals surface area contributed by atoms with Gasteiger partial charge in [-0.05, 0) is 59.4 Å². The van der Waals surface area contributed by atoms with E-state index in [-0.39, 0.29) is 11.8 Å². The van der Waals surface area contributed by atoms with Crippen LogP contribution in [0.15, 0.2) is 41.1 Å². The first-order chi connectivity index (χ1) is 11.2. The molecule has 6 heteroatoms. The Balaban J connectivity index is 1.51. The number of aromatic nitrogens is 2. The van der Waals surface area contributed by atoms with Gasteiger partial charge in [0, 0.05) is 25.0 Å². The minimum atomic E-state index is 0.0849. The molecule has 0 bridgehead atoms. The molecule has 3 rings (SSSR count). The lowest BCUT2D eigenvalue weighted by molar-refractivity contribution is -0.120. The third kappa shape index (κ3) is 4.65. The van der Waals surface area contributed by atoms with E-state index in [4.69, 9.17) is 0 Å². The standard InChI is InChI=1S/C17H21BrN4O/c18-15-11-20-22(12-15)9-7-13-3-5-16(6-4-13)21-17(23)14-2-1-8-19-10-14/h3-6,11-12,14,19H,1-2,7-10H2,(H,21,23). The molecule has 0 saturated carbocycles. The lowest BCUT2D eigenvalue weighted by Crippen LogP contribution is -2.37. The van der Waals surface area contributed by atoms with Crippen molar-refractivity contribution in [2.24, 2.45) is 5.92 Å². The number of carbonyl (C=O) groups excluding carboxylic acids is 1. The highest BCUT2D eigenvalue weighted by Gasteiger charge is 2.20. The van der Waals surface area contributed by atoms with Gasteiger partial charge in [-0.15, -0.1) is 0 Å². The summed E-state index contributed by atoms with van der Waals surface area (Å²) in [6, 6.07) is 8.07. The molecule has 0 radical (unpaired) electrons. The van der Waals surface area contributed by atoms with E-state index < -0.39 is 0 Å². The first kappa shape index (κ1) is 16.2. The summed E-state index contributed by atoms with van der Waals surface area (Å²) >= 11 is 3.40. The van der Waals surface area contributed by atoms with E-state index in [2.05, 4.69) is 43.8 Å². The van der Waals surface area contributed by atoms with Crippen molar-refractivity contribution in [3.05, 3.63) is 46.7 Å². The van der Waals surface area contributed by atoms with Gasteiger partial charge in [0.15, 0.2) is 0 Å². The predicted octanol–water partition coefficient (Wildman–Crippen LogP) is 2.83. The Hall–Kier alpha value is -1.66. The van der Waals surface area contributed by atoms with Crippen molar-refractivity contribution in [3.8, 4) is 0 Å². The van der Waals surface area contributed by atoms with Crippen molar-refractivity contribution in [2.45, 2.75) is 25.8 Å². The summed E-state index contributed by atoms with van der Waals surface area (Å²) in [5.41, 5.74) is 2.10. The Bertz CT molecular complexity index is 647. The number of piperidine rings is 1. The largest absolute Gasteiger partial charge is 0.326 e. The van der Waals surface area contributed by atoms with E-state index in [1.807, 2.05) is 23.0 Å². The maximum Gasteiger partial charge on any atom is 0.228 e. The molecule has 2 heterocycles. The lowest BCUT2D eigenvalue weighted by atomic mass is 9.99. The maximum absolute atomic E-state index is 12.2. The van der Waals surface area contributed by atoms with Crippen LogP contribution < -0.4 is 10.6 Å². The third-order valence-corrected chi connectivity index (χ3v) is 4.53. The van der Waals surface area contributed by atoms with E-state index in [1.54, 1.807) is 6.20 Å². The second-order valence-corrected chi connectivity index (χ2v) is 6.82. The highest BCUT2D eigenvalue weighted by atomic mass is 79.9. The smallest absolute Gasteiger partial charge is 0.228 e. The number of halogens is 1. The van der Waals surface area contributed by atoms with Gasteiger partial charge in [-0.3, -0.25) is 9.48 Å². The van der Waals surface area contributed by atoms with Crippen LogP contribution in [0.1, 0.15) is 18.4 Å². The summed E-state index contributed by atoms with van der Waals surface area (Å²) in [6.45, 7) is 2.64. The molecule has 1 unspecified atom stereocenters. The minimum Gasteiger partial charge on any atom is -0.326 e. The molecule has 0 spiro atoms. The average molecular weight is 377 g/mol. The van der Waals surface area contributed by atoms with E-state index in [1.165, 1.54) is 5.56 Å². The van der Waals surface area contributed by atoms with E-state index >= 15 is 0 Å². The van der Waals surface area contributed by atoms with Crippen molar-refractivity contribution >= 4 is 27.5 Å². The number of benzene rings is 1. The maximum atomic E-state index is 12.2. The van der Waals surface area contributed by atoms with Gasteiger partial charge in [0.25, 0.3) is 0 Å². The Morgan fingerprint density at radius 2 is 2.22 bits per heavy atom. The van der Waals surface area contributed by atoms with Gasteiger partial charge in [-0.25, -0.2) is 0 Å². The van der Waals surface area contributed by atoms with Gasteiger partial charge in [-0.1, -0.05) is 12.1 Å². The van der Waals surface area contributed by atoms with Crippen LogP contribution in [-0.2, 0) is 17.8 Å². The van der Waals surface area contributed by atoms with Crippen molar-refractivity contribution < 1.29 is 4.79 Å². The normalized spacial score (nSPS) is 17.9. The highest BCUT2D eigenvalue weighted by molar-refractivity contribution is 9.10. The summed E-state index contributed by atoms with van der Waals surface area (Å²) < 4.78 is 2.91. The van der Waals surface area contributed by atoms with Crippen molar-refractivity contribution in [1.82, 2.24) is 15.1 Å². The quantitative estimate of drug-likeness (QED) is 0.843. The highest BCUT2D eigenvalue weighted by Crippen LogP contribution is 2.15. The van der Waals surface area contributed by atoms with Crippen LogP contribution >= 0.6 is 15.9 Å².